The highest BCUT2D eigenvalue weighted by Gasteiger charge is 2.30. The van der Waals surface area contributed by atoms with Crippen molar-refractivity contribution in [2.24, 2.45) is 11.1 Å². The Kier molecular flexibility index (Phi) is 5.88. The number of rotatable bonds is 5. The molecule has 0 aromatic heterocycles. The van der Waals surface area contributed by atoms with Crippen LogP contribution in [0.15, 0.2) is 35.5 Å². The Balaban J connectivity index is 2.22. The van der Waals surface area contributed by atoms with E-state index in [-0.39, 0.29) is 11.9 Å². The number of carbonyl (C=O) groups excluding carboxylic acids is 1. The van der Waals surface area contributed by atoms with Gasteiger partial charge in [0.2, 0.25) is 0 Å². The number of hydrogen-bond acceptors (Lipinski definition) is 5. The van der Waals surface area contributed by atoms with Crippen molar-refractivity contribution in [3.63, 3.8) is 0 Å². The second kappa shape index (κ2) is 7.72. The van der Waals surface area contributed by atoms with Gasteiger partial charge in [-0.05, 0) is 50.8 Å². The van der Waals surface area contributed by atoms with Gasteiger partial charge in [-0.2, -0.15) is 0 Å². The van der Waals surface area contributed by atoms with Crippen LogP contribution in [0.3, 0.4) is 0 Å². The van der Waals surface area contributed by atoms with Crippen LogP contribution in [0.25, 0.3) is 0 Å². The van der Waals surface area contributed by atoms with E-state index in [1.165, 1.54) is 12.7 Å². The van der Waals surface area contributed by atoms with Gasteiger partial charge in [0.15, 0.2) is 0 Å². The van der Waals surface area contributed by atoms with Crippen LogP contribution in [0, 0.1) is 5.92 Å². The van der Waals surface area contributed by atoms with Gasteiger partial charge < -0.3 is 14.3 Å². The molecule has 0 radical (unpaired) electrons. The van der Waals surface area contributed by atoms with Gasteiger partial charge in [-0.1, -0.05) is 23.9 Å². The molecule has 0 aliphatic heterocycles. The standard InChI is InChI=1S/C20H27NO4/c1-13(19(22)25-20(2,3)4)10-15-11-16-14(12-17(15)21-24-6)8-7-9-18(16)23-5/h7-9,15H,1,10-12H2,2-6H3. The van der Waals surface area contributed by atoms with Gasteiger partial charge >= 0.3 is 5.97 Å². The average Bonchev–Trinajstić information content (AvgIpc) is 2.53. The van der Waals surface area contributed by atoms with E-state index in [1.807, 2.05) is 32.9 Å². The lowest BCUT2D eigenvalue weighted by Gasteiger charge is -2.28. The predicted molar refractivity (Wildman–Crippen MR) is 97.9 cm³/mol. The molecule has 0 saturated heterocycles. The minimum Gasteiger partial charge on any atom is -0.496 e. The van der Waals surface area contributed by atoms with Crippen molar-refractivity contribution in [2.45, 2.75) is 45.6 Å². The largest absolute Gasteiger partial charge is 0.496 e. The first kappa shape index (κ1) is 19.0. The van der Waals surface area contributed by atoms with E-state index in [4.69, 9.17) is 14.3 Å². The molecule has 0 amide bonds. The summed E-state index contributed by atoms with van der Waals surface area (Å²) in [7, 11) is 3.21. The van der Waals surface area contributed by atoms with E-state index in [0.29, 0.717) is 18.4 Å². The summed E-state index contributed by atoms with van der Waals surface area (Å²) >= 11 is 0. The minimum absolute atomic E-state index is 0.0313. The van der Waals surface area contributed by atoms with Crippen LogP contribution in [-0.4, -0.2) is 31.5 Å². The van der Waals surface area contributed by atoms with Gasteiger partial charge in [-0.25, -0.2) is 4.79 Å². The first-order valence-electron chi connectivity index (χ1n) is 8.41. The summed E-state index contributed by atoms with van der Waals surface area (Å²) in [6.45, 7) is 9.46. The number of ether oxygens (including phenoxy) is 2. The van der Waals surface area contributed by atoms with E-state index < -0.39 is 5.60 Å². The van der Waals surface area contributed by atoms with Crippen molar-refractivity contribution >= 4 is 11.7 Å². The van der Waals surface area contributed by atoms with Gasteiger partial charge in [-0.15, -0.1) is 0 Å². The Labute approximate surface area is 149 Å². The fourth-order valence-corrected chi connectivity index (χ4v) is 3.05. The Morgan fingerprint density at radius 1 is 1.32 bits per heavy atom. The molecule has 0 N–H and O–H groups in total. The molecule has 5 heteroatoms. The maximum absolute atomic E-state index is 12.2. The smallest absolute Gasteiger partial charge is 0.333 e. The summed E-state index contributed by atoms with van der Waals surface area (Å²) in [5.41, 5.74) is 3.15. The third-order valence-corrected chi connectivity index (χ3v) is 4.13. The molecule has 1 aliphatic carbocycles. The fourth-order valence-electron chi connectivity index (χ4n) is 3.05. The molecule has 1 aromatic rings. The highest BCUT2D eigenvalue weighted by molar-refractivity contribution is 5.93. The Hall–Kier alpha value is -2.30. The molecular formula is C20H27NO4. The zero-order valence-corrected chi connectivity index (χ0v) is 15.7. The first-order valence-corrected chi connectivity index (χ1v) is 8.41. The number of oxime groups is 1. The number of nitrogens with zero attached hydrogens (tertiary/aromatic N) is 1. The summed E-state index contributed by atoms with van der Waals surface area (Å²) in [6, 6.07) is 6.00. The second-order valence-corrected chi connectivity index (χ2v) is 7.25. The van der Waals surface area contributed by atoms with Gasteiger partial charge in [0, 0.05) is 17.9 Å². The van der Waals surface area contributed by atoms with Crippen LogP contribution < -0.4 is 4.74 Å². The topological polar surface area (TPSA) is 57.1 Å². The second-order valence-electron chi connectivity index (χ2n) is 7.25. The lowest BCUT2D eigenvalue weighted by atomic mass is 9.79. The van der Waals surface area contributed by atoms with E-state index in [1.54, 1.807) is 7.11 Å². The van der Waals surface area contributed by atoms with Crippen molar-refractivity contribution < 1.29 is 19.1 Å². The van der Waals surface area contributed by atoms with Crippen molar-refractivity contribution in [3.05, 3.63) is 41.5 Å². The molecule has 2 rings (SSSR count). The van der Waals surface area contributed by atoms with Crippen LogP contribution in [0.1, 0.15) is 38.3 Å². The lowest BCUT2D eigenvalue weighted by molar-refractivity contribution is -0.150. The highest BCUT2D eigenvalue weighted by Crippen LogP contribution is 2.34. The summed E-state index contributed by atoms with van der Waals surface area (Å²) in [4.78, 5) is 17.3. The SMILES string of the molecule is C=C(CC1Cc2c(cccc2OC)CC1=NOC)C(=O)OC(C)(C)C. The first-order chi connectivity index (χ1) is 11.7. The molecule has 0 fully saturated rings. The summed E-state index contributed by atoms with van der Waals surface area (Å²) < 4.78 is 10.9. The van der Waals surface area contributed by atoms with Crippen molar-refractivity contribution in [1.29, 1.82) is 0 Å². The summed E-state index contributed by atoms with van der Waals surface area (Å²) in [6.07, 6.45) is 1.88. The molecule has 1 aliphatic rings. The van der Waals surface area contributed by atoms with E-state index in [2.05, 4.69) is 17.8 Å². The number of fused-ring (bicyclic) bond motifs is 1. The predicted octanol–water partition coefficient (Wildman–Crippen LogP) is 3.70. The third kappa shape index (κ3) is 4.84. The molecule has 0 spiro atoms. The van der Waals surface area contributed by atoms with E-state index in [0.717, 1.165) is 23.4 Å². The van der Waals surface area contributed by atoms with Crippen molar-refractivity contribution in [2.75, 3.05) is 14.2 Å². The third-order valence-electron chi connectivity index (χ3n) is 4.13. The van der Waals surface area contributed by atoms with Crippen molar-refractivity contribution in [1.82, 2.24) is 0 Å². The molecule has 1 atom stereocenters. The molecule has 0 bridgehead atoms. The normalized spacial score (nSPS) is 18.4. The zero-order valence-electron chi connectivity index (χ0n) is 15.7. The monoisotopic (exact) mass is 345 g/mol. The Morgan fingerprint density at radius 2 is 2.04 bits per heavy atom. The molecule has 1 aromatic carbocycles. The lowest BCUT2D eigenvalue weighted by Crippen LogP contribution is -2.29. The summed E-state index contributed by atoms with van der Waals surface area (Å²) in [5, 5.41) is 4.19. The zero-order chi connectivity index (χ0) is 18.6. The summed E-state index contributed by atoms with van der Waals surface area (Å²) in [5.74, 6) is 0.528. The maximum Gasteiger partial charge on any atom is 0.333 e. The van der Waals surface area contributed by atoms with E-state index >= 15 is 0 Å². The molecule has 0 heterocycles. The maximum atomic E-state index is 12.2. The number of esters is 1. The number of methoxy groups -OCH3 is 1. The highest BCUT2D eigenvalue weighted by atomic mass is 16.6. The van der Waals surface area contributed by atoms with Gasteiger partial charge in [0.25, 0.3) is 0 Å². The minimum atomic E-state index is -0.536. The van der Waals surface area contributed by atoms with Crippen LogP contribution in [0.4, 0.5) is 0 Å². The Morgan fingerprint density at radius 3 is 2.64 bits per heavy atom. The molecular weight excluding hydrogens is 318 g/mol. The van der Waals surface area contributed by atoms with Gasteiger partial charge in [0.1, 0.15) is 18.5 Å². The molecule has 5 nitrogen and oxygen atoms in total. The van der Waals surface area contributed by atoms with Crippen LogP contribution in [0.5, 0.6) is 5.75 Å². The van der Waals surface area contributed by atoms with Crippen molar-refractivity contribution in [3.8, 4) is 5.75 Å². The quantitative estimate of drug-likeness (QED) is 0.464. The number of benzene rings is 1. The van der Waals surface area contributed by atoms with Crippen LogP contribution in [-0.2, 0) is 27.2 Å². The molecule has 0 saturated carbocycles. The number of carbonyl (C=O) groups is 1. The molecule has 25 heavy (non-hydrogen) atoms. The van der Waals surface area contributed by atoms with Crippen LogP contribution >= 0.6 is 0 Å². The van der Waals surface area contributed by atoms with Crippen LogP contribution in [0.2, 0.25) is 0 Å². The van der Waals surface area contributed by atoms with Gasteiger partial charge in [-0.3, -0.25) is 0 Å². The Bertz CT molecular complexity index is 685. The number of hydrogen-bond donors (Lipinski definition) is 0. The molecule has 1 unspecified atom stereocenters. The average molecular weight is 345 g/mol. The van der Waals surface area contributed by atoms with E-state index in [9.17, 15) is 4.79 Å². The fraction of sp³-hybridized carbons (Fsp3) is 0.500. The molecule has 136 valence electrons. The van der Waals surface area contributed by atoms with Gasteiger partial charge in [0.05, 0.1) is 12.8 Å².